The Morgan fingerprint density at radius 2 is 2.05 bits per heavy atom. The summed E-state index contributed by atoms with van der Waals surface area (Å²) >= 11 is 2.03. The molecule has 126 valence electrons. The highest BCUT2D eigenvalue weighted by Gasteiger charge is 2.20. The second-order valence-electron chi connectivity index (χ2n) is 7.00. The zero-order chi connectivity index (χ0) is 16.0. The Morgan fingerprint density at radius 3 is 2.68 bits per heavy atom. The molecule has 0 atom stereocenters. The number of rotatable bonds is 6. The van der Waals surface area contributed by atoms with Gasteiger partial charge in [-0.2, -0.15) is 11.8 Å². The van der Waals surface area contributed by atoms with Crippen molar-refractivity contribution in [3.8, 4) is 0 Å². The Balaban J connectivity index is 0.00000264. The molecule has 1 N–H and O–H groups in total. The molecule has 4 nitrogen and oxygen atoms in total. The lowest BCUT2D eigenvalue weighted by molar-refractivity contribution is 0.231. The molecule has 1 fully saturated rings. The van der Waals surface area contributed by atoms with Gasteiger partial charge in [-0.25, -0.2) is 9.97 Å². The number of likely N-dealkylation sites (tertiary alicyclic amines) is 1. The molecule has 1 aromatic rings. The molecule has 1 aliphatic rings. The molecule has 0 saturated carbocycles. The third-order valence-corrected chi connectivity index (χ3v) is 5.01. The number of hydrogen-bond acceptors (Lipinski definition) is 5. The maximum absolute atomic E-state index is 4.40. The second kappa shape index (κ2) is 8.16. The van der Waals surface area contributed by atoms with Crippen molar-refractivity contribution in [3.63, 3.8) is 0 Å². The first-order valence-corrected chi connectivity index (χ1v) is 9.53. The molecule has 0 unspecified atom stereocenters. The van der Waals surface area contributed by atoms with Gasteiger partial charge in [0, 0.05) is 44.3 Å². The Bertz CT molecular complexity index is 456. The third-order valence-electron chi connectivity index (χ3n) is 4.13. The number of aromatic nitrogens is 2. The summed E-state index contributed by atoms with van der Waals surface area (Å²) < 4.78 is 0. The molecule has 0 amide bonds. The van der Waals surface area contributed by atoms with Gasteiger partial charge >= 0.3 is 0 Å². The highest BCUT2D eigenvalue weighted by molar-refractivity contribution is 7.99. The summed E-state index contributed by atoms with van der Waals surface area (Å²) in [6.07, 6.45) is 4.08. The maximum atomic E-state index is 4.40. The summed E-state index contributed by atoms with van der Waals surface area (Å²) in [7, 11) is 0. The fourth-order valence-corrected chi connectivity index (χ4v) is 3.37. The van der Waals surface area contributed by atoms with Crippen LogP contribution in [-0.2, 0) is 5.41 Å². The van der Waals surface area contributed by atoms with Crippen molar-refractivity contribution >= 4 is 17.6 Å². The van der Waals surface area contributed by atoms with Gasteiger partial charge in [0.25, 0.3) is 0 Å². The van der Waals surface area contributed by atoms with Crippen LogP contribution in [-0.4, -0.2) is 52.0 Å². The molecular formula is C17H32N4S. The van der Waals surface area contributed by atoms with Crippen molar-refractivity contribution in [2.45, 2.75) is 52.0 Å². The van der Waals surface area contributed by atoms with Gasteiger partial charge in [0.2, 0.25) is 0 Å². The van der Waals surface area contributed by atoms with E-state index in [1.54, 1.807) is 6.33 Å². The molecule has 1 aromatic heterocycles. The molecule has 1 aliphatic heterocycles. The molecule has 0 bridgehead atoms. The largest absolute Gasteiger partial charge is 0.367 e. The third kappa shape index (κ3) is 5.43. The van der Waals surface area contributed by atoms with E-state index in [1.807, 2.05) is 11.8 Å². The Labute approximate surface area is 141 Å². The fourth-order valence-electron chi connectivity index (χ4n) is 2.69. The van der Waals surface area contributed by atoms with Crippen LogP contribution in [0.3, 0.4) is 0 Å². The van der Waals surface area contributed by atoms with Gasteiger partial charge in [0.15, 0.2) is 0 Å². The van der Waals surface area contributed by atoms with Crippen LogP contribution in [0.5, 0.6) is 0 Å². The molecule has 22 heavy (non-hydrogen) atoms. The van der Waals surface area contributed by atoms with Crippen LogP contribution < -0.4 is 5.32 Å². The van der Waals surface area contributed by atoms with Crippen LogP contribution in [0.25, 0.3) is 0 Å². The van der Waals surface area contributed by atoms with E-state index in [1.165, 1.54) is 44.0 Å². The van der Waals surface area contributed by atoms with E-state index in [4.69, 9.17) is 0 Å². The molecule has 0 radical (unpaired) electrons. The summed E-state index contributed by atoms with van der Waals surface area (Å²) in [5.41, 5.74) is 1.17. The predicted molar refractivity (Wildman–Crippen MR) is 98.9 cm³/mol. The highest BCUT2D eigenvalue weighted by Crippen LogP contribution is 2.22. The minimum Gasteiger partial charge on any atom is -0.367 e. The molecule has 0 aliphatic carbocycles. The second-order valence-corrected chi connectivity index (χ2v) is 8.39. The lowest BCUT2D eigenvalue weighted by Gasteiger charge is -2.32. The van der Waals surface area contributed by atoms with E-state index in [2.05, 4.69) is 53.9 Å². The monoisotopic (exact) mass is 324 g/mol. The van der Waals surface area contributed by atoms with Crippen molar-refractivity contribution in [1.82, 2.24) is 14.9 Å². The van der Waals surface area contributed by atoms with Crippen LogP contribution in [0.1, 0.15) is 47.7 Å². The van der Waals surface area contributed by atoms with Crippen molar-refractivity contribution in [2.75, 3.05) is 36.5 Å². The number of anilines is 1. The summed E-state index contributed by atoms with van der Waals surface area (Å²) in [5.74, 6) is 3.46. The quantitative estimate of drug-likeness (QED) is 0.809. The fraction of sp³-hybridized carbons (Fsp3) is 0.765. The van der Waals surface area contributed by atoms with Crippen molar-refractivity contribution in [3.05, 3.63) is 18.1 Å². The summed E-state index contributed by atoms with van der Waals surface area (Å²) in [4.78, 5) is 11.4. The zero-order valence-corrected chi connectivity index (χ0v) is 15.2. The van der Waals surface area contributed by atoms with Crippen molar-refractivity contribution in [1.29, 1.82) is 0 Å². The van der Waals surface area contributed by atoms with Gasteiger partial charge in [0.1, 0.15) is 12.1 Å². The highest BCUT2D eigenvalue weighted by atomic mass is 32.2. The number of piperidine rings is 1. The molecule has 2 rings (SSSR count). The Morgan fingerprint density at radius 1 is 1.32 bits per heavy atom. The summed E-state index contributed by atoms with van der Waals surface area (Å²) in [6.45, 7) is 12.4. The molecule has 0 spiro atoms. The standard InChI is InChI=1S/C17H30N4S.H2/c1-5-22-11-10-21-8-6-14(7-9-21)20-16-12-15(17(2,3)4)18-13-19-16;/h12-14H,5-11H2,1-4H3,(H,18,19,20);1H. The van der Waals surface area contributed by atoms with Gasteiger partial charge in [-0.1, -0.05) is 27.7 Å². The van der Waals surface area contributed by atoms with E-state index < -0.39 is 0 Å². The van der Waals surface area contributed by atoms with Gasteiger partial charge < -0.3 is 10.2 Å². The SMILES string of the molecule is CCSCCN1CCC(Nc2cc(C(C)(C)C)ncn2)CC1.[HH]. The van der Waals surface area contributed by atoms with E-state index in [-0.39, 0.29) is 6.84 Å². The number of hydrogen-bond donors (Lipinski definition) is 1. The minimum absolute atomic E-state index is 0. The molecular weight excluding hydrogens is 292 g/mol. The first-order valence-electron chi connectivity index (χ1n) is 8.38. The van der Waals surface area contributed by atoms with E-state index in [0.29, 0.717) is 6.04 Å². The first-order chi connectivity index (χ1) is 10.5. The summed E-state index contributed by atoms with van der Waals surface area (Å²) in [5, 5.41) is 3.60. The predicted octanol–water partition coefficient (Wildman–Crippen LogP) is 3.65. The maximum Gasteiger partial charge on any atom is 0.129 e. The molecule has 1 saturated heterocycles. The summed E-state index contributed by atoms with van der Waals surface area (Å²) in [6, 6.07) is 2.64. The van der Waals surface area contributed by atoms with Gasteiger partial charge in [0.05, 0.1) is 5.69 Å². The zero-order valence-electron chi connectivity index (χ0n) is 14.4. The molecule has 2 heterocycles. The lowest BCUT2D eigenvalue weighted by Crippen LogP contribution is -2.40. The average molecular weight is 325 g/mol. The van der Waals surface area contributed by atoms with Crippen LogP contribution in [0.15, 0.2) is 12.4 Å². The van der Waals surface area contributed by atoms with E-state index in [0.717, 1.165) is 11.5 Å². The normalized spacial score (nSPS) is 17.6. The van der Waals surface area contributed by atoms with Crippen LogP contribution in [0.2, 0.25) is 0 Å². The van der Waals surface area contributed by atoms with Crippen molar-refractivity contribution < 1.29 is 1.43 Å². The lowest BCUT2D eigenvalue weighted by atomic mass is 9.92. The van der Waals surface area contributed by atoms with Crippen LogP contribution in [0, 0.1) is 0 Å². The number of nitrogens with zero attached hydrogens (tertiary/aromatic N) is 3. The van der Waals surface area contributed by atoms with E-state index >= 15 is 0 Å². The van der Waals surface area contributed by atoms with E-state index in [9.17, 15) is 0 Å². The van der Waals surface area contributed by atoms with Gasteiger partial charge in [-0.3, -0.25) is 0 Å². The van der Waals surface area contributed by atoms with Gasteiger partial charge in [-0.05, 0) is 18.6 Å². The van der Waals surface area contributed by atoms with Crippen molar-refractivity contribution in [2.24, 2.45) is 0 Å². The number of thioether (sulfide) groups is 1. The Kier molecular flexibility index (Phi) is 6.50. The molecule has 0 aromatic carbocycles. The minimum atomic E-state index is 0. The van der Waals surface area contributed by atoms with Gasteiger partial charge in [-0.15, -0.1) is 0 Å². The topological polar surface area (TPSA) is 41.0 Å². The smallest absolute Gasteiger partial charge is 0.129 e. The first kappa shape index (κ1) is 17.5. The average Bonchev–Trinajstić information content (AvgIpc) is 2.49. The van der Waals surface area contributed by atoms with Crippen LogP contribution >= 0.6 is 11.8 Å². The van der Waals surface area contributed by atoms with Crippen LogP contribution in [0.4, 0.5) is 5.82 Å². The molecule has 5 heteroatoms. The number of nitrogens with one attached hydrogen (secondary N) is 1. The Hall–Kier alpha value is -0.810.